The molecule has 0 radical (unpaired) electrons. The SMILES string of the molecule is CC.CC.CC(c1ccc(CO)cc1)P1(=O)Oc2ccccc2-c2ccccc21.CCC.CCC.Oc1ccccc1.Oc1ccccc1. The zero-order valence-corrected chi connectivity index (χ0v) is 31.9. The zero-order chi connectivity index (χ0) is 37.1. The van der Waals surface area contributed by atoms with Crippen LogP contribution >= 0.6 is 7.37 Å². The predicted molar refractivity (Wildman–Crippen MR) is 211 cm³/mol. The first-order chi connectivity index (χ1) is 23.7. The fraction of sp³-hybridized carbons (Fsp3) is 0.302. The second-order valence-corrected chi connectivity index (χ2v) is 13.0. The number of phenols is 2. The van der Waals surface area contributed by atoms with Gasteiger partial charge in [0, 0.05) is 5.56 Å². The number of phenolic OH excluding ortho intramolecular Hbond substituents is 2. The molecule has 5 aromatic carbocycles. The standard InChI is InChI=1S/C21H19O3P.2C6H6O.2C3H8.2C2H6/c1-15(17-12-10-16(14-22)11-13-17)25(23)21-9-5-3-7-19(21)18-6-2-4-8-20(18)24-25;2*7-6-4-2-1-3-5-6;2*1-3-2;2*1-2/h2-13,15,22H,14H2,1H3;2*1-5,7H;2*3H2,1-2H3;2*1-2H3. The van der Waals surface area contributed by atoms with Crippen LogP contribution in [0.1, 0.15) is 91.9 Å². The quantitative estimate of drug-likeness (QED) is 0.164. The first kappa shape index (κ1) is 44.7. The molecule has 0 amide bonds. The number of aliphatic hydroxyl groups excluding tert-OH is 1. The molecule has 0 bridgehead atoms. The fourth-order valence-electron chi connectivity index (χ4n) is 4.18. The minimum atomic E-state index is -3.13. The van der Waals surface area contributed by atoms with Crippen LogP contribution in [-0.4, -0.2) is 15.3 Å². The normalized spacial score (nSPS) is 13.3. The van der Waals surface area contributed by atoms with Crippen molar-refractivity contribution in [1.29, 1.82) is 0 Å². The Labute approximate surface area is 296 Å². The van der Waals surface area contributed by atoms with Crippen molar-refractivity contribution in [3.8, 4) is 28.4 Å². The van der Waals surface area contributed by atoms with Gasteiger partial charge in [-0.2, -0.15) is 0 Å². The maximum absolute atomic E-state index is 14.0. The van der Waals surface area contributed by atoms with Crippen LogP contribution in [0.25, 0.3) is 11.1 Å². The van der Waals surface area contributed by atoms with E-state index < -0.39 is 7.37 Å². The molecule has 6 rings (SSSR count). The third-order valence-electron chi connectivity index (χ3n) is 6.32. The van der Waals surface area contributed by atoms with Gasteiger partial charge in [-0.25, -0.2) is 0 Å². The molecule has 0 saturated carbocycles. The van der Waals surface area contributed by atoms with Crippen LogP contribution in [0.15, 0.2) is 133 Å². The van der Waals surface area contributed by atoms with Crippen LogP contribution in [0.4, 0.5) is 0 Å². The van der Waals surface area contributed by atoms with Crippen molar-refractivity contribution in [3.05, 3.63) is 145 Å². The lowest BCUT2D eigenvalue weighted by atomic mass is 10.0. The summed E-state index contributed by atoms with van der Waals surface area (Å²) in [6, 6.07) is 40.5. The molecule has 1 aliphatic rings. The molecule has 49 heavy (non-hydrogen) atoms. The molecule has 1 heterocycles. The predicted octanol–water partition coefficient (Wildman–Crippen LogP) is 12.6. The number of para-hydroxylation sites is 3. The van der Waals surface area contributed by atoms with Gasteiger partial charge < -0.3 is 19.8 Å². The maximum atomic E-state index is 14.0. The van der Waals surface area contributed by atoms with Gasteiger partial charge in [0.2, 0.25) is 0 Å². The van der Waals surface area contributed by atoms with Crippen LogP contribution in [0.5, 0.6) is 17.2 Å². The second-order valence-electron chi connectivity index (χ2n) is 10.4. The number of rotatable bonds is 3. The van der Waals surface area contributed by atoms with E-state index in [-0.39, 0.29) is 12.3 Å². The molecular weight excluding hydrogens is 627 g/mol. The number of hydrogen-bond acceptors (Lipinski definition) is 5. The third-order valence-corrected chi connectivity index (χ3v) is 9.17. The van der Waals surface area contributed by atoms with Crippen molar-refractivity contribution >= 4 is 12.7 Å². The summed E-state index contributed by atoms with van der Waals surface area (Å²) in [7, 11) is -3.13. The van der Waals surface area contributed by atoms with E-state index in [2.05, 4.69) is 27.7 Å². The summed E-state index contributed by atoms with van der Waals surface area (Å²) in [5.41, 5.74) is 3.45. The van der Waals surface area contributed by atoms with Crippen LogP contribution in [-0.2, 0) is 11.2 Å². The summed E-state index contributed by atoms with van der Waals surface area (Å²) in [4.78, 5) is 0. The molecule has 0 aromatic heterocycles. The van der Waals surface area contributed by atoms with Crippen molar-refractivity contribution in [2.45, 2.75) is 87.4 Å². The third kappa shape index (κ3) is 15.2. The van der Waals surface area contributed by atoms with Gasteiger partial charge >= 0.3 is 0 Å². The molecule has 5 aromatic rings. The van der Waals surface area contributed by atoms with Crippen molar-refractivity contribution in [3.63, 3.8) is 0 Å². The van der Waals surface area contributed by atoms with Crippen LogP contribution in [0, 0.1) is 0 Å². The van der Waals surface area contributed by atoms with E-state index in [9.17, 15) is 9.67 Å². The van der Waals surface area contributed by atoms with Gasteiger partial charge in [0.05, 0.1) is 17.6 Å². The highest BCUT2D eigenvalue weighted by Crippen LogP contribution is 2.63. The lowest BCUT2D eigenvalue weighted by Crippen LogP contribution is -2.21. The maximum Gasteiger partial charge on any atom is 0.284 e. The number of benzene rings is 5. The molecular formula is C43H59O5P. The molecule has 0 aliphatic carbocycles. The van der Waals surface area contributed by atoms with Crippen molar-refractivity contribution in [2.75, 3.05) is 0 Å². The molecule has 5 nitrogen and oxygen atoms in total. The summed E-state index contributed by atoms with van der Waals surface area (Å²) in [5.74, 6) is 1.31. The summed E-state index contributed by atoms with van der Waals surface area (Å²) in [5, 5.41) is 27.3. The van der Waals surface area contributed by atoms with Crippen molar-refractivity contribution < 1.29 is 24.4 Å². The van der Waals surface area contributed by atoms with Gasteiger partial charge in [-0.05, 0) is 60.0 Å². The first-order valence-corrected chi connectivity index (χ1v) is 19.1. The topological polar surface area (TPSA) is 87.0 Å². The first-order valence-electron chi connectivity index (χ1n) is 17.4. The van der Waals surface area contributed by atoms with E-state index in [4.69, 9.17) is 14.7 Å². The highest BCUT2D eigenvalue weighted by Gasteiger charge is 2.41. The Morgan fingerprint density at radius 3 is 1.37 bits per heavy atom. The highest BCUT2D eigenvalue weighted by atomic mass is 31.2. The monoisotopic (exact) mass is 686 g/mol. The second kappa shape index (κ2) is 26.6. The molecule has 0 spiro atoms. The molecule has 6 heteroatoms. The van der Waals surface area contributed by atoms with Crippen LogP contribution in [0.2, 0.25) is 0 Å². The van der Waals surface area contributed by atoms with Gasteiger partial charge in [0.1, 0.15) is 17.2 Å². The van der Waals surface area contributed by atoms with E-state index in [1.807, 2.05) is 120 Å². The van der Waals surface area contributed by atoms with Crippen LogP contribution < -0.4 is 9.83 Å². The van der Waals surface area contributed by atoms with Gasteiger partial charge in [0.25, 0.3) is 7.37 Å². The Hall–Kier alpha value is -4.31. The molecule has 0 saturated heterocycles. The van der Waals surface area contributed by atoms with E-state index in [0.29, 0.717) is 17.2 Å². The average Bonchev–Trinajstić information content (AvgIpc) is 3.15. The minimum absolute atomic E-state index is 0.000962. The molecule has 2 unspecified atom stereocenters. The highest BCUT2D eigenvalue weighted by molar-refractivity contribution is 7.68. The summed E-state index contributed by atoms with van der Waals surface area (Å²) >= 11 is 0. The molecule has 266 valence electrons. The largest absolute Gasteiger partial charge is 0.508 e. The lowest BCUT2D eigenvalue weighted by Gasteiger charge is -2.32. The van der Waals surface area contributed by atoms with Gasteiger partial charge in [-0.15, -0.1) is 0 Å². The Kier molecular flexibility index (Phi) is 24.3. The van der Waals surface area contributed by atoms with Crippen LogP contribution in [0.3, 0.4) is 0 Å². The molecule has 0 fully saturated rings. The van der Waals surface area contributed by atoms with E-state index in [1.165, 1.54) is 12.8 Å². The average molecular weight is 687 g/mol. The van der Waals surface area contributed by atoms with Gasteiger partial charge in [-0.1, -0.05) is 165 Å². The van der Waals surface area contributed by atoms with Gasteiger partial charge in [-0.3, -0.25) is 4.57 Å². The van der Waals surface area contributed by atoms with Crippen molar-refractivity contribution in [1.82, 2.24) is 0 Å². The smallest absolute Gasteiger partial charge is 0.284 e. The number of aromatic hydroxyl groups is 2. The molecule has 1 aliphatic heterocycles. The van der Waals surface area contributed by atoms with E-state index >= 15 is 0 Å². The summed E-state index contributed by atoms with van der Waals surface area (Å²) in [6.45, 7) is 18.4. The fourth-order valence-corrected chi connectivity index (χ4v) is 6.69. The van der Waals surface area contributed by atoms with E-state index in [1.54, 1.807) is 48.5 Å². The Balaban J connectivity index is 0.000000782. The minimum Gasteiger partial charge on any atom is -0.508 e. The van der Waals surface area contributed by atoms with Crippen molar-refractivity contribution in [2.24, 2.45) is 0 Å². The molecule has 2 atom stereocenters. The number of hydrogen-bond donors (Lipinski definition) is 3. The Morgan fingerprint density at radius 1 is 0.571 bits per heavy atom. The summed E-state index contributed by atoms with van der Waals surface area (Å²) < 4.78 is 20.1. The lowest BCUT2D eigenvalue weighted by molar-refractivity contribution is 0.282. The Morgan fingerprint density at radius 2 is 0.959 bits per heavy atom. The van der Waals surface area contributed by atoms with E-state index in [0.717, 1.165) is 27.6 Å². The Bertz CT molecular complexity index is 1520. The van der Waals surface area contributed by atoms with Gasteiger partial charge in [0.15, 0.2) is 0 Å². The number of fused-ring (bicyclic) bond motifs is 3. The zero-order valence-electron chi connectivity index (χ0n) is 31.0. The summed E-state index contributed by atoms with van der Waals surface area (Å²) in [6.07, 6.45) is 2.50. The molecule has 3 N–H and O–H groups in total. The number of aliphatic hydroxyl groups is 1.